The molecule has 4 aromatic carbocycles. The highest BCUT2D eigenvalue weighted by Crippen LogP contribution is 2.36. The number of halogens is 1. The molecule has 0 N–H and O–H groups in total. The zero-order chi connectivity index (χ0) is 33.0. The Morgan fingerprint density at radius 1 is 0.896 bits per heavy atom. The Hall–Kier alpha value is -5.08. The maximum Gasteiger partial charge on any atom is 0.338 e. The van der Waals surface area contributed by atoms with Crippen molar-refractivity contribution in [1.82, 2.24) is 14.2 Å². The van der Waals surface area contributed by atoms with E-state index < -0.39 is 0 Å². The molecule has 1 aliphatic rings. The Balaban J connectivity index is 1.45. The summed E-state index contributed by atoms with van der Waals surface area (Å²) in [5.41, 5.74) is 6.55. The number of fused-ring (bicyclic) bond motifs is 1. The number of rotatable bonds is 8. The van der Waals surface area contributed by atoms with Crippen molar-refractivity contribution in [3.8, 4) is 28.2 Å². The van der Waals surface area contributed by atoms with Crippen LogP contribution in [0.25, 0.3) is 39.1 Å². The van der Waals surface area contributed by atoms with Crippen LogP contribution < -0.4 is 5.56 Å². The fourth-order valence-electron chi connectivity index (χ4n) is 6.59. The number of hydrogen-bond acceptors (Lipinski definition) is 5. The molecule has 0 amide bonds. The summed E-state index contributed by atoms with van der Waals surface area (Å²) in [6.07, 6.45) is 7.17. The maximum atomic E-state index is 14.1. The second kappa shape index (κ2) is 14.0. The number of carbonyl (C=O) groups excluding carboxylic acids is 1. The Morgan fingerprint density at radius 3 is 2.27 bits per heavy atom. The molecule has 48 heavy (non-hydrogen) atoms. The molecule has 7 nitrogen and oxygen atoms in total. The standard InChI is InChI=1S/C40H35BrN4O3/c1-2-48-40(47)30-18-21-33(22-19-30)44-36(27-12-6-3-7-13-27)24-31(37(44)28-14-8-4-9-15-28)26-42-45-38(29-16-10-5-11-17-29)43-35-23-20-32(41)25-34(35)39(45)46/h3-4,6-9,12-15,18-26,29H,2,5,10-11,16-17H2,1H3. The third-order valence-corrected chi connectivity index (χ3v) is 9.39. The summed E-state index contributed by atoms with van der Waals surface area (Å²) in [7, 11) is 0. The molecule has 1 fully saturated rings. The molecule has 2 aromatic heterocycles. The highest BCUT2D eigenvalue weighted by atomic mass is 79.9. The lowest BCUT2D eigenvalue weighted by molar-refractivity contribution is 0.0526. The van der Waals surface area contributed by atoms with E-state index in [1.165, 1.54) is 11.1 Å². The van der Waals surface area contributed by atoms with Gasteiger partial charge in [0.1, 0.15) is 5.82 Å². The first-order valence-electron chi connectivity index (χ1n) is 16.4. The van der Waals surface area contributed by atoms with Gasteiger partial charge in [0.2, 0.25) is 0 Å². The van der Waals surface area contributed by atoms with Crippen molar-refractivity contribution in [2.45, 2.75) is 44.9 Å². The zero-order valence-corrected chi connectivity index (χ0v) is 28.3. The molecule has 1 aliphatic carbocycles. The van der Waals surface area contributed by atoms with Crippen molar-refractivity contribution >= 4 is 39.0 Å². The normalized spacial score (nSPS) is 13.7. The predicted octanol–water partition coefficient (Wildman–Crippen LogP) is 9.39. The van der Waals surface area contributed by atoms with Crippen molar-refractivity contribution in [2.24, 2.45) is 5.10 Å². The molecular weight excluding hydrogens is 664 g/mol. The quantitative estimate of drug-likeness (QED) is 0.117. The Bertz CT molecular complexity index is 2170. The molecule has 0 saturated heterocycles. The van der Waals surface area contributed by atoms with Crippen LogP contribution in [0.1, 0.15) is 66.7 Å². The number of nitrogens with zero attached hydrogens (tertiary/aromatic N) is 4. The second-order valence-corrected chi connectivity index (χ2v) is 12.9. The summed E-state index contributed by atoms with van der Waals surface area (Å²) in [5.74, 6) is 0.517. The van der Waals surface area contributed by atoms with Crippen LogP contribution in [0.15, 0.2) is 124 Å². The molecule has 0 aliphatic heterocycles. The van der Waals surface area contributed by atoms with E-state index in [0.717, 1.165) is 63.9 Å². The molecule has 7 rings (SSSR count). The molecule has 0 spiro atoms. The lowest BCUT2D eigenvalue weighted by atomic mass is 9.88. The van der Waals surface area contributed by atoms with Gasteiger partial charge in [0.05, 0.1) is 40.7 Å². The van der Waals surface area contributed by atoms with E-state index in [-0.39, 0.29) is 17.4 Å². The summed E-state index contributed by atoms with van der Waals surface area (Å²) in [6.45, 7) is 2.11. The zero-order valence-electron chi connectivity index (χ0n) is 26.7. The number of carbonyl (C=O) groups is 1. The molecule has 0 bridgehead atoms. The van der Waals surface area contributed by atoms with Gasteiger partial charge in [0.15, 0.2) is 0 Å². The van der Waals surface area contributed by atoms with Crippen molar-refractivity contribution < 1.29 is 9.53 Å². The minimum absolute atomic E-state index is 0.160. The molecule has 8 heteroatoms. The minimum atomic E-state index is -0.355. The highest BCUT2D eigenvalue weighted by Gasteiger charge is 2.24. The first-order chi connectivity index (χ1) is 23.5. The van der Waals surface area contributed by atoms with E-state index in [1.807, 2.05) is 66.7 Å². The van der Waals surface area contributed by atoms with Crippen LogP contribution in [0, 0.1) is 0 Å². The van der Waals surface area contributed by atoms with Crippen molar-refractivity contribution in [1.29, 1.82) is 0 Å². The molecule has 1 saturated carbocycles. The van der Waals surface area contributed by atoms with E-state index in [4.69, 9.17) is 14.8 Å². The Labute approximate surface area is 287 Å². The predicted molar refractivity (Wildman–Crippen MR) is 195 cm³/mol. The third kappa shape index (κ3) is 6.28. The van der Waals surface area contributed by atoms with Gasteiger partial charge in [0, 0.05) is 21.6 Å². The van der Waals surface area contributed by atoms with Crippen LogP contribution in [-0.2, 0) is 4.74 Å². The molecule has 240 valence electrons. The molecule has 0 atom stereocenters. The monoisotopic (exact) mass is 698 g/mol. The van der Waals surface area contributed by atoms with Gasteiger partial charge in [-0.05, 0) is 79.4 Å². The molecule has 0 radical (unpaired) electrons. The smallest absolute Gasteiger partial charge is 0.338 e. The van der Waals surface area contributed by atoms with Crippen LogP contribution in [0.5, 0.6) is 0 Å². The SMILES string of the molecule is CCOC(=O)c1ccc(-n2c(-c3ccccc3)cc(C=Nn3c(C4CCCCC4)nc4ccc(Br)cc4c3=O)c2-c2ccccc2)cc1. The van der Waals surface area contributed by atoms with Crippen LogP contribution in [0.3, 0.4) is 0 Å². The number of ether oxygens (including phenoxy) is 1. The lowest BCUT2D eigenvalue weighted by Crippen LogP contribution is -2.25. The van der Waals surface area contributed by atoms with Crippen molar-refractivity contribution in [3.05, 3.63) is 141 Å². The van der Waals surface area contributed by atoms with E-state index in [0.29, 0.717) is 28.9 Å². The van der Waals surface area contributed by atoms with E-state index in [9.17, 15) is 9.59 Å². The fraction of sp³-hybridized carbons (Fsp3) is 0.200. The summed E-state index contributed by atoms with van der Waals surface area (Å²) in [4.78, 5) is 31.6. The first kappa shape index (κ1) is 31.5. The summed E-state index contributed by atoms with van der Waals surface area (Å²) >= 11 is 3.53. The molecule has 0 unspecified atom stereocenters. The van der Waals surface area contributed by atoms with Gasteiger partial charge >= 0.3 is 5.97 Å². The number of benzene rings is 4. The number of hydrogen-bond donors (Lipinski definition) is 0. The summed E-state index contributed by atoms with van der Waals surface area (Å²) in [5, 5.41) is 5.47. The number of aromatic nitrogens is 3. The van der Waals surface area contributed by atoms with Crippen molar-refractivity contribution in [2.75, 3.05) is 6.61 Å². The van der Waals surface area contributed by atoms with Crippen LogP contribution in [0.2, 0.25) is 0 Å². The summed E-state index contributed by atoms with van der Waals surface area (Å²) in [6, 6.07) is 35.5. The van der Waals surface area contributed by atoms with Crippen LogP contribution >= 0.6 is 15.9 Å². The maximum absolute atomic E-state index is 14.1. The van der Waals surface area contributed by atoms with Gasteiger partial charge in [-0.25, -0.2) is 9.78 Å². The fourth-order valence-corrected chi connectivity index (χ4v) is 6.95. The van der Waals surface area contributed by atoms with Crippen LogP contribution in [0.4, 0.5) is 0 Å². The molecule has 6 aromatic rings. The van der Waals surface area contributed by atoms with Gasteiger partial charge in [-0.1, -0.05) is 95.9 Å². The van der Waals surface area contributed by atoms with E-state index in [1.54, 1.807) is 25.3 Å². The van der Waals surface area contributed by atoms with Crippen LogP contribution in [-0.4, -0.2) is 33.0 Å². The van der Waals surface area contributed by atoms with Gasteiger partial charge in [0.25, 0.3) is 5.56 Å². The Morgan fingerprint density at radius 2 is 1.58 bits per heavy atom. The van der Waals surface area contributed by atoms with Gasteiger partial charge < -0.3 is 9.30 Å². The first-order valence-corrected chi connectivity index (χ1v) is 17.2. The van der Waals surface area contributed by atoms with Crippen molar-refractivity contribution in [3.63, 3.8) is 0 Å². The third-order valence-electron chi connectivity index (χ3n) is 8.90. The second-order valence-electron chi connectivity index (χ2n) is 12.0. The van der Waals surface area contributed by atoms with Gasteiger partial charge in [-0.2, -0.15) is 9.78 Å². The van der Waals surface area contributed by atoms with E-state index >= 15 is 0 Å². The Kier molecular flexibility index (Phi) is 9.16. The minimum Gasteiger partial charge on any atom is -0.462 e. The van der Waals surface area contributed by atoms with Gasteiger partial charge in [-0.15, -0.1) is 0 Å². The highest BCUT2D eigenvalue weighted by molar-refractivity contribution is 9.10. The largest absolute Gasteiger partial charge is 0.462 e. The average molecular weight is 700 g/mol. The molecule has 2 heterocycles. The average Bonchev–Trinajstić information content (AvgIpc) is 3.52. The lowest BCUT2D eigenvalue weighted by Gasteiger charge is -2.22. The summed E-state index contributed by atoms with van der Waals surface area (Å²) < 4.78 is 9.76. The number of esters is 1. The van der Waals surface area contributed by atoms with E-state index in [2.05, 4.69) is 50.8 Å². The topological polar surface area (TPSA) is 78.5 Å². The van der Waals surface area contributed by atoms with Gasteiger partial charge in [-0.3, -0.25) is 4.79 Å². The molecular formula is C40H35BrN4O3.